The quantitative estimate of drug-likeness (QED) is 0.926. The Kier molecular flexibility index (Phi) is 4.34. The van der Waals surface area contributed by atoms with Crippen LogP contribution in [0.2, 0.25) is 5.02 Å². The van der Waals surface area contributed by atoms with Gasteiger partial charge in [0.15, 0.2) is 0 Å². The molecule has 0 radical (unpaired) electrons. The second-order valence-electron chi connectivity index (χ2n) is 5.52. The van der Waals surface area contributed by atoms with Crippen LogP contribution in [-0.2, 0) is 0 Å². The molecule has 1 aliphatic heterocycles. The highest BCUT2D eigenvalue weighted by atomic mass is 35.5. The summed E-state index contributed by atoms with van der Waals surface area (Å²) < 4.78 is 0. The second-order valence-corrected chi connectivity index (χ2v) is 5.93. The summed E-state index contributed by atoms with van der Waals surface area (Å²) in [6, 6.07) is 9.63. The van der Waals surface area contributed by atoms with Crippen LogP contribution in [0.25, 0.3) is 0 Å². The van der Waals surface area contributed by atoms with Crippen molar-refractivity contribution in [2.24, 2.45) is 0 Å². The lowest BCUT2D eigenvalue weighted by molar-refractivity contribution is 0.0761. The Morgan fingerprint density at radius 1 is 1.23 bits per heavy atom. The Hall–Kier alpha value is -2.01. The molecule has 1 saturated heterocycles. The monoisotopic (exact) mass is 318 g/mol. The van der Waals surface area contributed by atoms with Gasteiger partial charge in [-0.05, 0) is 31.5 Å². The van der Waals surface area contributed by atoms with Gasteiger partial charge < -0.3 is 9.80 Å². The molecule has 1 aliphatic rings. The molecule has 2 aromatic rings. The molecule has 1 aromatic carbocycles. The highest BCUT2D eigenvalue weighted by Crippen LogP contribution is 2.26. The van der Waals surface area contributed by atoms with Crippen molar-refractivity contribution in [1.29, 1.82) is 0 Å². The molecule has 5 nitrogen and oxygen atoms in total. The van der Waals surface area contributed by atoms with Crippen LogP contribution in [0.3, 0.4) is 0 Å². The molecule has 3 rings (SSSR count). The number of halogens is 1. The number of carbonyl (C=O) groups excluding carboxylic acids is 1. The van der Waals surface area contributed by atoms with E-state index < -0.39 is 0 Å². The van der Waals surface area contributed by atoms with Gasteiger partial charge in [-0.1, -0.05) is 23.7 Å². The molecule has 0 spiro atoms. The van der Waals surface area contributed by atoms with Crippen molar-refractivity contribution < 1.29 is 4.79 Å². The first kappa shape index (κ1) is 14.9. The topological polar surface area (TPSA) is 52.2 Å². The molecule has 1 N–H and O–H groups in total. The zero-order valence-electron chi connectivity index (χ0n) is 12.6. The van der Waals surface area contributed by atoms with Gasteiger partial charge in [0, 0.05) is 31.9 Å². The number of aromatic amines is 1. The maximum atomic E-state index is 12.5. The molecule has 6 heteroatoms. The smallest absolute Gasteiger partial charge is 0.274 e. The van der Waals surface area contributed by atoms with Crippen molar-refractivity contribution in [3.05, 3.63) is 46.7 Å². The Labute approximate surface area is 134 Å². The minimum atomic E-state index is -0.00893. The van der Waals surface area contributed by atoms with Crippen molar-refractivity contribution in [1.82, 2.24) is 15.1 Å². The van der Waals surface area contributed by atoms with Crippen LogP contribution < -0.4 is 4.90 Å². The number of H-pyrrole nitrogens is 1. The molecule has 1 fully saturated rings. The maximum absolute atomic E-state index is 12.5. The van der Waals surface area contributed by atoms with Gasteiger partial charge in [0.05, 0.1) is 10.7 Å². The number of carbonyl (C=O) groups is 1. The van der Waals surface area contributed by atoms with Crippen LogP contribution in [0.1, 0.15) is 22.6 Å². The summed E-state index contributed by atoms with van der Waals surface area (Å²) in [5.41, 5.74) is 2.42. The van der Waals surface area contributed by atoms with E-state index in [1.54, 1.807) is 6.07 Å². The molecule has 116 valence electrons. The van der Waals surface area contributed by atoms with E-state index in [0.29, 0.717) is 12.2 Å². The zero-order chi connectivity index (χ0) is 15.5. The van der Waals surface area contributed by atoms with Crippen molar-refractivity contribution in [3.63, 3.8) is 0 Å². The van der Waals surface area contributed by atoms with Gasteiger partial charge in [-0.2, -0.15) is 5.10 Å². The van der Waals surface area contributed by atoms with Crippen molar-refractivity contribution in [3.8, 4) is 0 Å². The first-order valence-electron chi connectivity index (χ1n) is 7.46. The first-order chi connectivity index (χ1) is 10.6. The third kappa shape index (κ3) is 3.09. The Balaban J connectivity index is 1.70. The number of aryl methyl sites for hydroxylation is 1. The van der Waals surface area contributed by atoms with Gasteiger partial charge in [-0.25, -0.2) is 0 Å². The van der Waals surface area contributed by atoms with Crippen LogP contribution in [0.4, 0.5) is 5.69 Å². The average Bonchev–Trinajstić information content (AvgIpc) is 2.81. The third-order valence-corrected chi connectivity index (χ3v) is 4.22. The van der Waals surface area contributed by atoms with Gasteiger partial charge in [0.1, 0.15) is 5.69 Å². The number of amides is 1. The number of nitrogens with one attached hydrogen (secondary N) is 1. The summed E-state index contributed by atoms with van der Waals surface area (Å²) in [5.74, 6) is -0.00893. The number of hydrogen-bond acceptors (Lipinski definition) is 3. The van der Waals surface area contributed by atoms with Crippen LogP contribution in [0.15, 0.2) is 30.3 Å². The largest absolute Gasteiger partial charge is 0.368 e. The number of rotatable bonds is 2. The lowest BCUT2D eigenvalue weighted by Crippen LogP contribution is -2.35. The highest BCUT2D eigenvalue weighted by molar-refractivity contribution is 6.33. The highest BCUT2D eigenvalue weighted by Gasteiger charge is 2.22. The third-order valence-electron chi connectivity index (χ3n) is 3.90. The minimum Gasteiger partial charge on any atom is -0.368 e. The molecule has 1 aromatic heterocycles. The zero-order valence-corrected chi connectivity index (χ0v) is 13.3. The molecular weight excluding hydrogens is 300 g/mol. The van der Waals surface area contributed by atoms with E-state index in [9.17, 15) is 4.79 Å². The van der Waals surface area contributed by atoms with Crippen LogP contribution in [0.5, 0.6) is 0 Å². The summed E-state index contributed by atoms with van der Waals surface area (Å²) in [5, 5.41) is 7.64. The fraction of sp³-hybridized carbons (Fsp3) is 0.375. The second kappa shape index (κ2) is 6.40. The Morgan fingerprint density at radius 3 is 2.77 bits per heavy atom. The van der Waals surface area contributed by atoms with E-state index in [1.165, 1.54) is 0 Å². The van der Waals surface area contributed by atoms with E-state index in [4.69, 9.17) is 11.6 Å². The van der Waals surface area contributed by atoms with Gasteiger partial charge in [0.25, 0.3) is 5.91 Å². The summed E-state index contributed by atoms with van der Waals surface area (Å²) in [4.78, 5) is 16.6. The molecule has 1 amide bonds. The molecule has 2 heterocycles. The van der Waals surface area contributed by atoms with Crippen LogP contribution in [-0.4, -0.2) is 47.2 Å². The minimum absolute atomic E-state index is 0.00893. The number of benzene rings is 1. The predicted octanol–water partition coefficient (Wildman–Crippen LogP) is 2.72. The van der Waals surface area contributed by atoms with E-state index >= 15 is 0 Å². The van der Waals surface area contributed by atoms with E-state index in [-0.39, 0.29) is 5.91 Å². The lowest BCUT2D eigenvalue weighted by atomic mass is 10.2. The molecule has 0 saturated carbocycles. The molecule has 22 heavy (non-hydrogen) atoms. The Bertz CT molecular complexity index is 670. The predicted molar refractivity (Wildman–Crippen MR) is 87.5 cm³/mol. The first-order valence-corrected chi connectivity index (χ1v) is 7.84. The number of para-hydroxylation sites is 1. The Morgan fingerprint density at radius 2 is 2.05 bits per heavy atom. The summed E-state index contributed by atoms with van der Waals surface area (Å²) in [7, 11) is 0. The number of hydrogen-bond donors (Lipinski definition) is 1. The number of aromatic nitrogens is 2. The SMILES string of the molecule is Cc1cc(C(=O)N2CCCN(c3ccccc3Cl)CC2)n[nH]1. The molecule has 0 aliphatic carbocycles. The fourth-order valence-electron chi connectivity index (χ4n) is 2.76. The van der Waals surface area contributed by atoms with E-state index in [0.717, 1.165) is 42.5 Å². The molecule has 0 bridgehead atoms. The van der Waals surface area contributed by atoms with Gasteiger partial charge in [-0.3, -0.25) is 9.89 Å². The van der Waals surface area contributed by atoms with Crippen molar-refractivity contribution in [2.75, 3.05) is 31.1 Å². The van der Waals surface area contributed by atoms with Crippen LogP contribution in [0, 0.1) is 6.92 Å². The van der Waals surface area contributed by atoms with Crippen molar-refractivity contribution >= 4 is 23.2 Å². The van der Waals surface area contributed by atoms with Gasteiger partial charge in [0.2, 0.25) is 0 Å². The standard InChI is InChI=1S/C16H19ClN4O/c1-12-11-14(19-18-12)16(22)21-8-4-7-20(9-10-21)15-6-3-2-5-13(15)17/h2-3,5-6,11H,4,7-10H2,1H3,(H,18,19). The molecule has 0 unspecified atom stereocenters. The maximum Gasteiger partial charge on any atom is 0.274 e. The fourth-order valence-corrected chi connectivity index (χ4v) is 3.01. The van der Waals surface area contributed by atoms with Gasteiger partial charge >= 0.3 is 0 Å². The van der Waals surface area contributed by atoms with Crippen molar-refractivity contribution in [2.45, 2.75) is 13.3 Å². The summed E-state index contributed by atoms with van der Waals surface area (Å²) in [6.07, 6.45) is 0.917. The van der Waals surface area contributed by atoms with Crippen LogP contribution >= 0.6 is 11.6 Å². The lowest BCUT2D eigenvalue weighted by Gasteiger charge is -2.24. The van der Waals surface area contributed by atoms with Gasteiger partial charge in [-0.15, -0.1) is 0 Å². The van der Waals surface area contributed by atoms with E-state index in [1.807, 2.05) is 36.1 Å². The normalized spacial score (nSPS) is 15.7. The number of anilines is 1. The summed E-state index contributed by atoms with van der Waals surface area (Å²) in [6.45, 7) is 4.99. The van der Waals surface area contributed by atoms with E-state index in [2.05, 4.69) is 15.1 Å². The number of nitrogens with zero attached hydrogens (tertiary/aromatic N) is 3. The summed E-state index contributed by atoms with van der Waals surface area (Å²) >= 11 is 6.27. The molecular formula is C16H19ClN4O. The molecule has 0 atom stereocenters. The average molecular weight is 319 g/mol.